The van der Waals surface area contributed by atoms with Crippen molar-refractivity contribution in [3.63, 3.8) is 0 Å². The van der Waals surface area contributed by atoms with E-state index in [1.165, 1.54) is 0 Å². The molecule has 0 unspecified atom stereocenters. The van der Waals surface area contributed by atoms with Gasteiger partial charge in [-0.1, -0.05) is 12.2 Å². The van der Waals surface area contributed by atoms with Crippen molar-refractivity contribution < 1.29 is 4.79 Å². The zero-order valence-corrected chi connectivity index (χ0v) is 4.56. The third-order valence-corrected chi connectivity index (χ3v) is 0.333. The third kappa shape index (κ3) is 3460. The standard InChI is InChI=1S/C4H8.CHNO/c1-3-4-2;2-1-3/h3-4H,1-2H3;2H. The maximum atomic E-state index is 8.35. The van der Waals surface area contributed by atoms with Crippen molar-refractivity contribution in [3.05, 3.63) is 12.2 Å². The molecule has 0 radical (unpaired) electrons. The van der Waals surface area contributed by atoms with E-state index in [4.69, 9.17) is 10.2 Å². The van der Waals surface area contributed by atoms with Gasteiger partial charge in [0, 0.05) is 0 Å². The van der Waals surface area contributed by atoms with E-state index in [2.05, 4.69) is 0 Å². The summed E-state index contributed by atoms with van der Waals surface area (Å²) in [5.74, 6) is 0. The predicted octanol–water partition coefficient (Wildman–Crippen LogP) is 1.48. The van der Waals surface area contributed by atoms with E-state index in [1.54, 1.807) is 0 Å². The van der Waals surface area contributed by atoms with Crippen LogP contribution in [0.4, 0.5) is 0 Å². The minimum atomic E-state index is 0.750. The van der Waals surface area contributed by atoms with Gasteiger partial charge in [0.15, 0.2) is 0 Å². The Morgan fingerprint density at radius 1 is 1.43 bits per heavy atom. The molecule has 0 atom stereocenters. The van der Waals surface area contributed by atoms with Gasteiger partial charge in [0.05, 0.1) is 0 Å². The summed E-state index contributed by atoms with van der Waals surface area (Å²) in [4.78, 5) is 8.35. The van der Waals surface area contributed by atoms with Crippen molar-refractivity contribution in [3.8, 4) is 0 Å². The minimum Gasteiger partial charge on any atom is -0.222 e. The first-order valence-electron chi connectivity index (χ1n) is 1.94. The van der Waals surface area contributed by atoms with Gasteiger partial charge in [0.25, 0.3) is 0 Å². The van der Waals surface area contributed by atoms with Crippen LogP contribution in [0.1, 0.15) is 13.8 Å². The Labute approximate surface area is 43.4 Å². The topological polar surface area (TPSA) is 40.9 Å². The Hall–Kier alpha value is -0.880. The van der Waals surface area contributed by atoms with Crippen LogP contribution in [-0.2, 0) is 4.79 Å². The third-order valence-electron chi connectivity index (χ3n) is 0.333. The van der Waals surface area contributed by atoms with Crippen LogP contribution in [0, 0.1) is 5.41 Å². The van der Waals surface area contributed by atoms with Gasteiger partial charge in [-0.3, -0.25) is 0 Å². The summed E-state index contributed by atoms with van der Waals surface area (Å²) in [5, 5.41) is 5.40. The molecule has 0 saturated carbocycles. The summed E-state index contributed by atoms with van der Waals surface area (Å²) >= 11 is 0. The van der Waals surface area contributed by atoms with Crippen LogP contribution in [0.5, 0.6) is 0 Å². The molecule has 0 fully saturated rings. The fourth-order valence-corrected chi connectivity index (χ4v) is 0. The molecule has 0 aliphatic heterocycles. The first kappa shape index (κ1) is 9.45. The molecule has 0 aliphatic carbocycles. The molecule has 0 aromatic heterocycles. The van der Waals surface area contributed by atoms with Gasteiger partial charge >= 0.3 is 0 Å². The second kappa shape index (κ2) is 19.3. The van der Waals surface area contributed by atoms with Crippen LogP contribution in [0.25, 0.3) is 0 Å². The fraction of sp³-hybridized carbons (Fsp3) is 0.400. The van der Waals surface area contributed by atoms with Crippen LogP contribution in [0.2, 0.25) is 0 Å². The molecular formula is C5H9NO. The Morgan fingerprint density at radius 2 is 1.57 bits per heavy atom. The highest BCUT2D eigenvalue weighted by Crippen LogP contribution is 1.57. The van der Waals surface area contributed by atoms with E-state index < -0.39 is 0 Å². The molecule has 0 spiro atoms. The van der Waals surface area contributed by atoms with Crippen LogP contribution < -0.4 is 0 Å². The molecule has 1 N–H and O–H groups in total. The van der Waals surface area contributed by atoms with Crippen molar-refractivity contribution in [1.29, 1.82) is 5.41 Å². The van der Waals surface area contributed by atoms with Crippen molar-refractivity contribution in [2.75, 3.05) is 0 Å². The first-order chi connectivity index (χ1) is 3.33. The molecule has 2 heteroatoms. The highest BCUT2D eigenvalue weighted by atomic mass is 16.1. The van der Waals surface area contributed by atoms with Gasteiger partial charge < -0.3 is 0 Å². The first-order valence-corrected chi connectivity index (χ1v) is 1.94. The number of carbonyl (C=O) groups excluding carboxylic acids is 1. The Balaban J connectivity index is 0. The van der Waals surface area contributed by atoms with Crippen molar-refractivity contribution in [1.82, 2.24) is 0 Å². The molecule has 0 aromatic rings. The molecule has 2 nitrogen and oxygen atoms in total. The molecule has 0 bridgehead atoms. The molecule has 0 aliphatic rings. The van der Waals surface area contributed by atoms with E-state index in [0.717, 1.165) is 6.08 Å². The lowest BCUT2D eigenvalue weighted by atomic mass is 10.6. The Kier molecular flexibility index (Phi) is 26.1. The monoisotopic (exact) mass is 99.1 g/mol. The summed E-state index contributed by atoms with van der Waals surface area (Å²) in [5.41, 5.74) is 0. The SMILES string of the molecule is CC=CC.N=C=O. The molecule has 7 heavy (non-hydrogen) atoms. The molecule has 40 valence electrons. The molecule has 0 saturated heterocycles. The van der Waals surface area contributed by atoms with Gasteiger partial charge in [-0.15, -0.1) is 0 Å². The number of isocyanates is 1. The highest BCUT2D eigenvalue weighted by molar-refractivity contribution is 5.26. The zero-order valence-electron chi connectivity index (χ0n) is 4.56. The lowest BCUT2D eigenvalue weighted by molar-refractivity contribution is 0.563. The van der Waals surface area contributed by atoms with Crippen LogP contribution in [0.15, 0.2) is 12.2 Å². The predicted molar refractivity (Wildman–Crippen MR) is 28.9 cm³/mol. The molecule has 0 heterocycles. The number of hydrogen-bond acceptors (Lipinski definition) is 2. The van der Waals surface area contributed by atoms with Gasteiger partial charge in [-0.05, 0) is 13.8 Å². The largest absolute Gasteiger partial charge is 0.231 e. The molecular weight excluding hydrogens is 90.1 g/mol. The normalized spacial score (nSPS) is 6.57. The van der Waals surface area contributed by atoms with Crippen LogP contribution >= 0.6 is 0 Å². The summed E-state index contributed by atoms with van der Waals surface area (Å²) in [6, 6.07) is 0. The van der Waals surface area contributed by atoms with E-state index in [1.807, 2.05) is 26.0 Å². The lowest BCUT2D eigenvalue weighted by Crippen LogP contribution is -1.26. The van der Waals surface area contributed by atoms with Crippen LogP contribution in [0.3, 0.4) is 0 Å². The summed E-state index contributed by atoms with van der Waals surface area (Å²) in [7, 11) is 0. The number of rotatable bonds is 0. The zero-order chi connectivity index (χ0) is 6.12. The summed E-state index contributed by atoms with van der Waals surface area (Å²) < 4.78 is 0. The molecule has 0 aromatic carbocycles. The summed E-state index contributed by atoms with van der Waals surface area (Å²) in [6.45, 7) is 4.00. The van der Waals surface area contributed by atoms with E-state index in [-0.39, 0.29) is 0 Å². The number of allylic oxidation sites excluding steroid dienone is 2. The fourth-order valence-electron chi connectivity index (χ4n) is 0. The Morgan fingerprint density at radius 3 is 1.57 bits per heavy atom. The Bertz CT molecular complexity index is 66.1. The van der Waals surface area contributed by atoms with Crippen molar-refractivity contribution in [2.24, 2.45) is 0 Å². The van der Waals surface area contributed by atoms with Gasteiger partial charge in [-0.25, -0.2) is 10.2 Å². The second-order valence-electron chi connectivity index (χ2n) is 0.769. The van der Waals surface area contributed by atoms with E-state index >= 15 is 0 Å². The average molecular weight is 99.1 g/mol. The van der Waals surface area contributed by atoms with Gasteiger partial charge in [-0.2, -0.15) is 0 Å². The van der Waals surface area contributed by atoms with Crippen molar-refractivity contribution in [2.45, 2.75) is 13.8 Å². The minimum absolute atomic E-state index is 0.750. The van der Waals surface area contributed by atoms with Crippen molar-refractivity contribution >= 4 is 6.08 Å². The molecule has 0 rings (SSSR count). The van der Waals surface area contributed by atoms with Crippen LogP contribution in [-0.4, -0.2) is 6.08 Å². The smallest absolute Gasteiger partial charge is 0.222 e. The lowest BCUT2D eigenvalue weighted by Gasteiger charge is -1.49. The van der Waals surface area contributed by atoms with Gasteiger partial charge in [0.2, 0.25) is 6.08 Å². The number of hydrogen-bond donors (Lipinski definition) is 1. The maximum Gasteiger partial charge on any atom is 0.231 e. The maximum absolute atomic E-state index is 8.35. The highest BCUT2D eigenvalue weighted by Gasteiger charge is 1.34. The number of nitrogens with one attached hydrogen (secondary N) is 1. The van der Waals surface area contributed by atoms with Gasteiger partial charge in [0.1, 0.15) is 0 Å². The molecule has 0 amide bonds. The van der Waals surface area contributed by atoms with E-state index in [9.17, 15) is 0 Å². The average Bonchev–Trinajstić information content (AvgIpc) is 1.69. The van der Waals surface area contributed by atoms with E-state index in [0.29, 0.717) is 0 Å². The summed E-state index contributed by atoms with van der Waals surface area (Å²) in [6.07, 6.45) is 4.75. The quantitative estimate of drug-likeness (QED) is 0.279. The second-order valence-corrected chi connectivity index (χ2v) is 0.769.